The van der Waals surface area contributed by atoms with Crippen LogP contribution in [0, 0.1) is 17.8 Å². The molecule has 2 aromatic rings. The average molecular weight is 452 g/mol. The van der Waals surface area contributed by atoms with Crippen LogP contribution in [-0.2, 0) is 22.0 Å². The van der Waals surface area contributed by atoms with E-state index in [1.165, 1.54) is 30.3 Å². The van der Waals surface area contributed by atoms with Crippen molar-refractivity contribution in [3.05, 3.63) is 47.5 Å². The summed E-state index contributed by atoms with van der Waals surface area (Å²) in [6, 6.07) is 8.45. The standard InChI is InChI=1S/C19H14F2N2O5S2/c20-19(21)27-16-12(8-7-11-5-6-11)9-10-13(17(16)28-19)18(24)23-30(26)15-4-2-1-3-14(15)29(22)25/h1-4,9-11H,5-6,22H2,(H,23,24). The van der Waals surface area contributed by atoms with Gasteiger partial charge in [-0.05, 0) is 37.1 Å². The van der Waals surface area contributed by atoms with Gasteiger partial charge in [0.05, 0.1) is 20.9 Å². The first-order valence-corrected chi connectivity index (χ1v) is 11.0. The molecule has 4 rings (SSSR count). The van der Waals surface area contributed by atoms with E-state index in [0.29, 0.717) is 0 Å². The Bertz CT molecular complexity index is 1160. The Morgan fingerprint density at radius 2 is 1.77 bits per heavy atom. The van der Waals surface area contributed by atoms with Crippen LogP contribution in [0.25, 0.3) is 0 Å². The van der Waals surface area contributed by atoms with Gasteiger partial charge in [-0.25, -0.2) is 13.6 Å². The number of hydrogen-bond donors (Lipinski definition) is 2. The molecule has 1 saturated carbocycles. The van der Waals surface area contributed by atoms with Crippen LogP contribution in [0.15, 0.2) is 46.2 Å². The molecule has 2 aromatic carbocycles. The fourth-order valence-corrected chi connectivity index (χ4v) is 4.47. The topological polar surface area (TPSA) is 108 Å². The molecule has 156 valence electrons. The quantitative estimate of drug-likeness (QED) is 0.692. The van der Waals surface area contributed by atoms with Crippen molar-refractivity contribution >= 4 is 27.9 Å². The zero-order valence-corrected chi connectivity index (χ0v) is 16.8. The van der Waals surface area contributed by atoms with Crippen LogP contribution in [0.4, 0.5) is 8.78 Å². The molecule has 30 heavy (non-hydrogen) atoms. The molecule has 0 saturated heterocycles. The monoisotopic (exact) mass is 452 g/mol. The zero-order valence-electron chi connectivity index (χ0n) is 15.1. The summed E-state index contributed by atoms with van der Waals surface area (Å²) in [6.07, 6.45) is -2.06. The molecular weight excluding hydrogens is 438 g/mol. The Morgan fingerprint density at radius 3 is 2.43 bits per heavy atom. The number of amides is 1. The molecule has 2 atom stereocenters. The molecule has 1 heterocycles. The van der Waals surface area contributed by atoms with Crippen LogP contribution in [0.3, 0.4) is 0 Å². The normalized spacial score (nSPS) is 18.1. The zero-order chi connectivity index (χ0) is 21.5. The lowest BCUT2D eigenvalue weighted by Crippen LogP contribution is -2.28. The summed E-state index contributed by atoms with van der Waals surface area (Å²) >= 11 is 0. The van der Waals surface area contributed by atoms with E-state index in [9.17, 15) is 22.0 Å². The number of halogens is 2. The van der Waals surface area contributed by atoms with E-state index < -0.39 is 39.9 Å². The summed E-state index contributed by atoms with van der Waals surface area (Å²) in [5, 5.41) is 5.36. The van der Waals surface area contributed by atoms with Gasteiger partial charge in [-0.3, -0.25) is 9.52 Å². The fourth-order valence-electron chi connectivity index (χ4n) is 2.67. The largest absolute Gasteiger partial charge is 0.586 e. The van der Waals surface area contributed by atoms with Gasteiger partial charge < -0.3 is 9.47 Å². The highest BCUT2D eigenvalue weighted by Crippen LogP contribution is 2.45. The van der Waals surface area contributed by atoms with Crippen molar-refractivity contribution < 1.29 is 31.5 Å². The van der Waals surface area contributed by atoms with Crippen LogP contribution < -0.4 is 19.3 Å². The molecule has 1 amide bonds. The number of rotatable bonds is 4. The summed E-state index contributed by atoms with van der Waals surface area (Å²) in [4.78, 5) is 12.7. The van der Waals surface area contributed by atoms with E-state index in [2.05, 4.69) is 26.0 Å². The van der Waals surface area contributed by atoms with Crippen molar-refractivity contribution in [2.45, 2.75) is 28.9 Å². The fraction of sp³-hybridized carbons (Fsp3) is 0.211. The number of ether oxygens (including phenoxy) is 2. The summed E-state index contributed by atoms with van der Waals surface area (Å²) in [7, 11) is -4.09. The number of nitrogens with two attached hydrogens (primary N) is 1. The minimum atomic E-state index is -3.96. The molecular formula is C19H14F2N2O5S2. The van der Waals surface area contributed by atoms with Crippen molar-refractivity contribution in [1.29, 1.82) is 0 Å². The van der Waals surface area contributed by atoms with E-state index in [4.69, 9.17) is 5.14 Å². The van der Waals surface area contributed by atoms with Crippen LogP contribution in [0.2, 0.25) is 0 Å². The first-order chi connectivity index (χ1) is 14.2. The molecule has 3 N–H and O–H groups in total. The summed E-state index contributed by atoms with van der Waals surface area (Å²) < 4.78 is 62.8. The van der Waals surface area contributed by atoms with Gasteiger partial charge in [-0.1, -0.05) is 24.0 Å². The van der Waals surface area contributed by atoms with Crippen molar-refractivity contribution in [3.63, 3.8) is 0 Å². The third kappa shape index (κ3) is 4.21. The lowest BCUT2D eigenvalue weighted by molar-refractivity contribution is -0.286. The number of nitrogens with one attached hydrogen (secondary N) is 1. The van der Waals surface area contributed by atoms with E-state index in [1.54, 1.807) is 6.07 Å². The first-order valence-electron chi connectivity index (χ1n) is 8.67. The van der Waals surface area contributed by atoms with Crippen LogP contribution >= 0.6 is 0 Å². The minimum absolute atomic E-state index is 0.0257. The Kier molecular flexibility index (Phi) is 5.31. The van der Waals surface area contributed by atoms with E-state index >= 15 is 0 Å². The second-order valence-electron chi connectivity index (χ2n) is 6.47. The third-order valence-electron chi connectivity index (χ3n) is 4.24. The lowest BCUT2D eigenvalue weighted by Gasteiger charge is -2.10. The van der Waals surface area contributed by atoms with Gasteiger partial charge in [0.2, 0.25) is 0 Å². The Balaban J connectivity index is 1.64. The van der Waals surface area contributed by atoms with Gasteiger partial charge in [0.1, 0.15) is 11.0 Å². The van der Waals surface area contributed by atoms with Gasteiger partial charge in [-0.15, -0.1) is 8.78 Å². The predicted molar refractivity (Wildman–Crippen MR) is 103 cm³/mol. The molecule has 1 aliphatic carbocycles. The van der Waals surface area contributed by atoms with E-state index in [-0.39, 0.29) is 32.6 Å². The van der Waals surface area contributed by atoms with E-state index in [1.807, 2.05) is 0 Å². The minimum Gasteiger partial charge on any atom is -0.394 e. The van der Waals surface area contributed by atoms with Crippen molar-refractivity contribution in [2.24, 2.45) is 11.1 Å². The van der Waals surface area contributed by atoms with Crippen molar-refractivity contribution in [2.75, 3.05) is 0 Å². The van der Waals surface area contributed by atoms with Gasteiger partial charge in [0.15, 0.2) is 22.5 Å². The predicted octanol–water partition coefficient (Wildman–Crippen LogP) is 2.20. The smallest absolute Gasteiger partial charge is 0.394 e. The molecule has 0 bridgehead atoms. The molecule has 1 aliphatic heterocycles. The molecule has 0 spiro atoms. The Labute approximate surface area is 175 Å². The molecule has 2 aliphatic rings. The Morgan fingerprint density at radius 1 is 1.10 bits per heavy atom. The second kappa shape index (κ2) is 7.79. The number of hydrogen-bond acceptors (Lipinski definition) is 5. The molecule has 11 heteroatoms. The van der Waals surface area contributed by atoms with Gasteiger partial charge >= 0.3 is 6.29 Å². The first kappa shape index (κ1) is 20.5. The number of carbonyl (C=O) groups excluding carboxylic acids is 1. The highest BCUT2D eigenvalue weighted by Gasteiger charge is 2.46. The highest BCUT2D eigenvalue weighted by atomic mass is 32.2. The number of fused-ring (bicyclic) bond motifs is 1. The summed E-state index contributed by atoms with van der Waals surface area (Å²) in [6.45, 7) is 0. The van der Waals surface area contributed by atoms with Crippen LogP contribution in [0.1, 0.15) is 28.8 Å². The van der Waals surface area contributed by atoms with Gasteiger partial charge in [0.25, 0.3) is 5.91 Å². The summed E-state index contributed by atoms with van der Waals surface area (Å²) in [5.74, 6) is 4.12. The number of carbonyl (C=O) groups is 1. The lowest BCUT2D eigenvalue weighted by atomic mass is 10.1. The number of alkyl halides is 2. The maximum absolute atomic E-state index is 13.7. The SMILES string of the molecule is NS(=O)c1ccccc1S(=O)NC(=O)c1ccc(C#CC2CC2)c2c1OC(F)(F)O2. The van der Waals surface area contributed by atoms with Crippen LogP contribution in [0.5, 0.6) is 11.5 Å². The molecule has 0 radical (unpaired) electrons. The van der Waals surface area contributed by atoms with Crippen molar-refractivity contribution in [1.82, 2.24) is 4.72 Å². The van der Waals surface area contributed by atoms with Gasteiger partial charge in [0, 0.05) is 5.92 Å². The average Bonchev–Trinajstić information content (AvgIpc) is 3.46. The van der Waals surface area contributed by atoms with Crippen molar-refractivity contribution in [3.8, 4) is 23.3 Å². The van der Waals surface area contributed by atoms with Gasteiger partial charge in [-0.2, -0.15) is 0 Å². The number of benzene rings is 2. The molecule has 2 unspecified atom stereocenters. The highest BCUT2D eigenvalue weighted by molar-refractivity contribution is 7.86. The summed E-state index contributed by atoms with van der Waals surface area (Å²) in [5.41, 5.74) is -0.144. The third-order valence-corrected chi connectivity index (χ3v) is 6.28. The maximum atomic E-state index is 13.7. The molecule has 7 nitrogen and oxygen atoms in total. The molecule has 0 aromatic heterocycles. The molecule has 1 fully saturated rings. The second-order valence-corrected chi connectivity index (χ2v) is 8.69. The van der Waals surface area contributed by atoms with E-state index in [0.717, 1.165) is 12.8 Å². The van der Waals surface area contributed by atoms with Crippen LogP contribution in [-0.4, -0.2) is 20.6 Å². The Hall–Kier alpha value is -2.81. The maximum Gasteiger partial charge on any atom is 0.586 e.